The summed E-state index contributed by atoms with van der Waals surface area (Å²) in [5.41, 5.74) is 3.01. The number of hydrogen-bond acceptors (Lipinski definition) is 6. The summed E-state index contributed by atoms with van der Waals surface area (Å²) < 4.78 is 28.0. The van der Waals surface area contributed by atoms with Crippen LogP contribution in [-0.4, -0.2) is 17.1 Å². The molecule has 0 amide bonds. The molecule has 0 N–H and O–H groups in total. The molecule has 0 spiro atoms. The van der Waals surface area contributed by atoms with Gasteiger partial charge in [-0.15, -0.1) is 0 Å². The highest BCUT2D eigenvalue weighted by atomic mass is 79.9. The highest BCUT2D eigenvalue weighted by Crippen LogP contribution is 2.35. The molecule has 1 aliphatic heterocycles. The minimum atomic E-state index is -0.893. The summed E-state index contributed by atoms with van der Waals surface area (Å²) in [7, 11) is 0. The number of hydrogen-bond donors (Lipinski definition) is 0. The van der Waals surface area contributed by atoms with Gasteiger partial charge >= 0.3 is 5.97 Å². The van der Waals surface area contributed by atoms with E-state index in [1.807, 2.05) is 48.5 Å². The van der Waals surface area contributed by atoms with Crippen LogP contribution in [0.4, 0.5) is 4.39 Å². The zero-order valence-electron chi connectivity index (χ0n) is 24.2. The Kier molecular flexibility index (Phi) is 9.56. The number of esters is 1. The van der Waals surface area contributed by atoms with E-state index in [0.29, 0.717) is 46.4 Å². The molecule has 11 heteroatoms. The molecule has 232 valence electrons. The van der Waals surface area contributed by atoms with Gasteiger partial charge in [-0.3, -0.25) is 9.36 Å². The summed E-state index contributed by atoms with van der Waals surface area (Å²) >= 11 is 17.1. The van der Waals surface area contributed by atoms with E-state index in [2.05, 4.69) is 15.9 Å². The van der Waals surface area contributed by atoms with Gasteiger partial charge in [0, 0.05) is 21.2 Å². The summed E-state index contributed by atoms with van der Waals surface area (Å²) in [4.78, 5) is 32.8. The van der Waals surface area contributed by atoms with Crippen LogP contribution in [0.2, 0.25) is 10.0 Å². The topological polar surface area (TPSA) is 69.9 Å². The molecule has 0 unspecified atom stereocenters. The summed E-state index contributed by atoms with van der Waals surface area (Å²) in [6, 6.07) is 24.8. The Morgan fingerprint density at radius 2 is 1.80 bits per heavy atom. The van der Waals surface area contributed by atoms with Crippen LogP contribution in [0, 0.1) is 5.82 Å². The molecule has 6 nitrogen and oxygen atoms in total. The largest absolute Gasteiger partial charge is 0.488 e. The molecule has 1 atom stereocenters. The number of nitrogens with zero attached hydrogens (tertiary/aromatic N) is 2. The number of rotatable bonds is 8. The molecule has 0 bridgehead atoms. The lowest BCUT2D eigenvalue weighted by Crippen LogP contribution is -2.40. The maximum atomic E-state index is 14.1. The van der Waals surface area contributed by atoms with Gasteiger partial charge in [-0.05, 0) is 76.5 Å². The molecule has 6 rings (SSSR count). The summed E-state index contributed by atoms with van der Waals surface area (Å²) in [6.07, 6.45) is 1.76. The Labute approximate surface area is 285 Å². The molecule has 0 fully saturated rings. The number of halogens is 4. The standard InChI is InChI=1S/C35H24BrCl2FN2O4S/c1-2-44-34(43)30-31(21-6-4-3-5-7-21)40-35-41(32(30)22-10-13-25(39)14-11-22)33(42)29(46-35)17-20-8-15-28(26(36)16-20)45-19-23-9-12-24(37)18-27(23)38/h3-18,32H,2,19H2,1H3/b29-17-/t32-/m0/s1. The lowest BCUT2D eigenvalue weighted by atomic mass is 9.93. The minimum Gasteiger partial charge on any atom is -0.488 e. The zero-order valence-corrected chi connectivity index (χ0v) is 28.1. The normalized spacial score (nSPS) is 14.5. The first-order valence-corrected chi connectivity index (χ1v) is 16.5. The van der Waals surface area contributed by atoms with Crippen LogP contribution in [0.3, 0.4) is 0 Å². The molecule has 1 aliphatic rings. The fraction of sp³-hybridized carbons (Fsp3) is 0.114. The number of benzene rings is 4. The van der Waals surface area contributed by atoms with Gasteiger partial charge in [-0.1, -0.05) is 89.1 Å². The van der Waals surface area contributed by atoms with Crippen molar-refractivity contribution in [2.75, 3.05) is 6.61 Å². The van der Waals surface area contributed by atoms with E-state index in [0.717, 1.165) is 11.1 Å². The molecule has 5 aromatic rings. The maximum Gasteiger partial charge on any atom is 0.338 e. The highest BCUT2D eigenvalue weighted by molar-refractivity contribution is 9.10. The SMILES string of the molecule is CCOC(=O)C1=C(c2ccccc2)N=c2s/c(=C\c3ccc(OCc4ccc(Cl)cc4Cl)c(Br)c3)c(=O)n2[C@H]1c1ccc(F)cc1. The molecular formula is C35H24BrCl2FN2O4S. The van der Waals surface area contributed by atoms with E-state index in [-0.39, 0.29) is 24.3 Å². The maximum absolute atomic E-state index is 14.1. The predicted octanol–water partition coefficient (Wildman–Crippen LogP) is 7.72. The van der Waals surface area contributed by atoms with Crippen molar-refractivity contribution in [1.82, 2.24) is 4.57 Å². The Bertz CT molecular complexity index is 2170. The van der Waals surface area contributed by atoms with Crippen LogP contribution in [0.5, 0.6) is 5.75 Å². The number of carbonyl (C=O) groups excluding carboxylic acids is 1. The number of fused-ring (bicyclic) bond motifs is 1. The van der Waals surface area contributed by atoms with Gasteiger partial charge in [0.15, 0.2) is 4.80 Å². The molecule has 0 radical (unpaired) electrons. The van der Waals surface area contributed by atoms with Crippen molar-refractivity contribution in [3.8, 4) is 5.75 Å². The van der Waals surface area contributed by atoms with Gasteiger partial charge in [0.1, 0.15) is 18.2 Å². The lowest BCUT2D eigenvalue weighted by molar-refractivity contribution is -0.138. The minimum absolute atomic E-state index is 0.131. The predicted molar refractivity (Wildman–Crippen MR) is 182 cm³/mol. The van der Waals surface area contributed by atoms with Crippen molar-refractivity contribution < 1.29 is 18.7 Å². The van der Waals surface area contributed by atoms with Crippen molar-refractivity contribution in [3.63, 3.8) is 0 Å². The third-order valence-corrected chi connectivity index (χ3v) is 9.40. The average Bonchev–Trinajstić information content (AvgIpc) is 3.35. The average molecular weight is 738 g/mol. The van der Waals surface area contributed by atoms with E-state index in [1.54, 1.807) is 43.3 Å². The second-order valence-corrected chi connectivity index (χ2v) is 12.9. The molecule has 46 heavy (non-hydrogen) atoms. The quantitative estimate of drug-likeness (QED) is 0.153. The van der Waals surface area contributed by atoms with Gasteiger partial charge in [0.2, 0.25) is 0 Å². The van der Waals surface area contributed by atoms with Gasteiger partial charge in [-0.2, -0.15) is 0 Å². The van der Waals surface area contributed by atoms with Crippen molar-refractivity contribution in [1.29, 1.82) is 0 Å². The molecule has 0 aliphatic carbocycles. The van der Waals surface area contributed by atoms with Crippen LogP contribution in [0.15, 0.2) is 111 Å². The molecule has 0 saturated heterocycles. The van der Waals surface area contributed by atoms with Crippen LogP contribution < -0.4 is 19.6 Å². The van der Waals surface area contributed by atoms with E-state index >= 15 is 0 Å². The number of ether oxygens (including phenoxy) is 2. The third kappa shape index (κ3) is 6.59. The van der Waals surface area contributed by atoms with E-state index < -0.39 is 17.8 Å². The van der Waals surface area contributed by atoms with Gasteiger partial charge in [0.05, 0.1) is 32.9 Å². The zero-order chi connectivity index (χ0) is 32.4. The molecule has 1 aromatic heterocycles. The van der Waals surface area contributed by atoms with Crippen LogP contribution in [0.25, 0.3) is 11.8 Å². The van der Waals surface area contributed by atoms with E-state index in [9.17, 15) is 14.0 Å². The Morgan fingerprint density at radius 1 is 1.04 bits per heavy atom. The Hall–Kier alpha value is -4.02. The van der Waals surface area contributed by atoms with Crippen LogP contribution >= 0.6 is 50.5 Å². The summed E-state index contributed by atoms with van der Waals surface area (Å²) in [5.74, 6) is -0.448. The first kappa shape index (κ1) is 31.9. The fourth-order valence-electron chi connectivity index (χ4n) is 5.07. The lowest BCUT2D eigenvalue weighted by Gasteiger charge is -2.25. The fourth-order valence-corrected chi connectivity index (χ4v) is 7.05. The van der Waals surface area contributed by atoms with Gasteiger partial charge in [-0.25, -0.2) is 14.2 Å². The monoisotopic (exact) mass is 736 g/mol. The highest BCUT2D eigenvalue weighted by Gasteiger charge is 2.35. The smallest absolute Gasteiger partial charge is 0.338 e. The second-order valence-electron chi connectivity index (χ2n) is 10.2. The van der Waals surface area contributed by atoms with Crippen molar-refractivity contribution in [3.05, 3.63) is 159 Å². The third-order valence-electron chi connectivity index (χ3n) is 7.21. The molecule has 4 aromatic carbocycles. The van der Waals surface area contributed by atoms with Crippen LogP contribution in [-0.2, 0) is 16.1 Å². The second kappa shape index (κ2) is 13.8. The first-order chi connectivity index (χ1) is 22.2. The summed E-state index contributed by atoms with van der Waals surface area (Å²) in [5, 5.41) is 1.05. The summed E-state index contributed by atoms with van der Waals surface area (Å²) in [6.45, 7) is 2.08. The van der Waals surface area contributed by atoms with Crippen LogP contribution in [0.1, 0.15) is 35.2 Å². The van der Waals surface area contributed by atoms with Gasteiger partial charge in [0.25, 0.3) is 5.56 Å². The van der Waals surface area contributed by atoms with E-state index in [1.165, 1.54) is 28.0 Å². The van der Waals surface area contributed by atoms with Crippen molar-refractivity contribution >= 4 is 68.2 Å². The van der Waals surface area contributed by atoms with Gasteiger partial charge < -0.3 is 9.47 Å². The van der Waals surface area contributed by atoms with E-state index in [4.69, 9.17) is 37.7 Å². The Balaban J connectivity index is 1.44. The van der Waals surface area contributed by atoms with Crippen molar-refractivity contribution in [2.45, 2.75) is 19.6 Å². The Morgan fingerprint density at radius 3 is 2.50 bits per heavy atom. The van der Waals surface area contributed by atoms with Crippen molar-refractivity contribution in [2.24, 2.45) is 4.99 Å². The first-order valence-electron chi connectivity index (χ1n) is 14.1. The molecule has 2 heterocycles. The molecular weight excluding hydrogens is 714 g/mol. The number of carbonyl (C=O) groups is 1. The molecule has 0 saturated carbocycles. The number of aromatic nitrogens is 1. The number of thiazole rings is 1.